The quantitative estimate of drug-likeness (QED) is 0.539. The molecule has 7 heteroatoms. The number of ether oxygens (including phenoxy) is 1. The molecule has 2 N–H and O–H groups in total. The Morgan fingerprint density at radius 3 is 2.74 bits per heavy atom. The van der Waals surface area contributed by atoms with Crippen molar-refractivity contribution in [3.8, 4) is 11.1 Å². The van der Waals surface area contributed by atoms with Crippen LogP contribution in [0.25, 0.3) is 21.9 Å². The topological polar surface area (TPSA) is 91.5 Å². The van der Waals surface area contributed by atoms with Gasteiger partial charge in [-0.2, -0.15) is 0 Å². The highest BCUT2D eigenvalue weighted by Gasteiger charge is 2.31. The smallest absolute Gasteiger partial charge is 0.310 e. The van der Waals surface area contributed by atoms with Crippen LogP contribution in [0.1, 0.15) is 32.3 Å². The highest BCUT2D eigenvalue weighted by atomic mass is 16.5. The zero-order chi connectivity index (χ0) is 24.2. The molecule has 3 aromatic rings. The van der Waals surface area contributed by atoms with Gasteiger partial charge in [0.15, 0.2) is 0 Å². The number of anilines is 1. The molecule has 178 valence electrons. The van der Waals surface area contributed by atoms with E-state index in [0.717, 1.165) is 34.9 Å². The third-order valence-corrected chi connectivity index (χ3v) is 6.44. The molecule has 7 nitrogen and oxygen atoms in total. The van der Waals surface area contributed by atoms with Crippen LogP contribution < -0.4 is 10.9 Å². The Bertz CT molecular complexity index is 1270. The summed E-state index contributed by atoms with van der Waals surface area (Å²) in [5.41, 5.74) is 3.67. The molecule has 0 spiro atoms. The number of aromatic amines is 1. The van der Waals surface area contributed by atoms with Crippen LogP contribution in [0.3, 0.4) is 0 Å². The Kier molecular flexibility index (Phi) is 7.01. The molecule has 2 aromatic carbocycles. The van der Waals surface area contributed by atoms with Crippen molar-refractivity contribution in [3.05, 3.63) is 64.6 Å². The van der Waals surface area contributed by atoms with Gasteiger partial charge in [-0.15, -0.1) is 0 Å². The van der Waals surface area contributed by atoms with E-state index in [-0.39, 0.29) is 23.4 Å². The number of pyridine rings is 1. The summed E-state index contributed by atoms with van der Waals surface area (Å²) in [4.78, 5) is 42.4. The molecule has 0 saturated carbocycles. The van der Waals surface area contributed by atoms with E-state index in [1.54, 1.807) is 31.0 Å². The van der Waals surface area contributed by atoms with Crippen LogP contribution in [0.15, 0.2) is 53.5 Å². The first-order valence-corrected chi connectivity index (χ1v) is 11.8. The van der Waals surface area contributed by atoms with Crippen LogP contribution >= 0.6 is 0 Å². The summed E-state index contributed by atoms with van der Waals surface area (Å²) < 4.78 is 5.14. The molecule has 1 amide bonds. The van der Waals surface area contributed by atoms with Crippen LogP contribution in [0, 0.1) is 12.8 Å². The van der Waals surface area contributed by atoms with Crippen molar-refractivity contribution in [3.63, 3.8) is 0 Å². The summed E-state index contributed by atoms with van der Waals surface area (Å²) in [6.45, 7) is 6.97. The number of aryl methyl sites for hydroxylation is 1. The molecule has 4 rings (SSSR count). The van der Waals surface area contributed by atoms with E-state index in [2.05, 4.69) is 10.3 Å². The number of amides is 1. The fraction of sp³-hybridized carbons (Fsp3) is 0.370. The van der Waals surface area contributed by atoms with Crippen molar-refractivity contribution in [2.75, 3.05) is 25.0 Å². The van der Waals surface area contributed by atoms with Gasteiger partial charge in [-0.05, 0) is 62.3 Å². The number of H-pyrrole nitrogens is 1. The third-order valence-electron chi connectivity index (χ3n) is 6.44. The number of hydrogen-bond acceptors (Lipinski definition) is 5. The van der Waals surface area contributed by atoms with Crippen molar-refractivity contribution >= 4 is 28.3 Å². The first-order valence-electron chi connectivity index (χ1n) is 11.8. The Morgan fingerprint density at radius 1 is 1.18 bits per heavy atom. The van der Waals surface area contributed by atoms with Crippen molar-refractivity contribution in [1.29, 1.82) is 0 Å². The summed E-state index contributed by atoms with van der Waals surface area (Å²) in [6.07, 6.45) is 3.26. The maximum absolute atomic E-state index is 13.1. The van der Waals surface area contributed by atoms with E-state index in [1.807, 2.05) is 43.3 Å². The minimum Gasteiger partial charge on any atom is -0.466 e. The fourth-order valence-electron chi connectivity index (χ4n) is 4.66. The van der Waals surface area contributed by atoms with Gasteiger partial charge in [-0.3, -0.25) is 14.4 Å². The molecule has 1 aliphatic heterocycles. The summed E-state index contributed by atoms with van der Waals surface area (Å²) in [5.74, 6) is -0.584. The van der Waals surface area contributed by atoms with Crippen LogP contribution in [0.5, 0.6) is 0 Å². The number of nitrogens with one attached hydrogen (secondary N) is 2. The van der Waals surface area contributed by atoms with Crippen LogP contribution in [-0.2, 0) is 14.3 Å². The van der Waals surface area contributed by atoms with Crippen LogP contribution in [0.2, 0.25) is 0 Å². The molecule has 34 heavy (non-hydrogen) atoms. The average molecular weight is 462 g/mol. The monoisotopic (exact) mass is 461 g/mol. The second kappa shape index (κ2) is 10.1. The zero-order valence-corrected chi connectivity index (χ0v) is 19.9. The maximum atomic E-state index is 13.1. The second-order valence-corrected chi connectivity index (χ2v) is 8.85. The zero-order valence-electron chi connectivity index (χ0n) is 19.9. The minimum absolute atomic E-state index is 0.0725. The van der Waals surface area contributed by atoms with Gasteiger partial charge in [0.2, 0.25) is 5.91 Å². The lowest BCUT2D eigenvalue weighted by atomic mass is 9.97. The Hall–Kier alpha value is -3.61. The van der Waals surface area contributed by atoms with E-state index in [4.69, 9.17) is 4.74 Å². The Morgan fingerprint density at radius 2 is 1.97 bits per heavy atom. The number of piperidine rings is 1. The van der Waals surface area contributed by atoms with Crippen molar-refractivity contribution in [2.24, 2.45) is 5.92 Å². The summed E-state index contributed by atoms with van der Waals surface area (Å²) in [6, 6.07) is 13.2. The number of carbonyl (C=O) groups excluding carboxylic acids is 2. The number of nitrogens with zero attached hydrogens (tertiary/aromatic N) is 1. The number of rotatable bonds is 6. The van der Waals surface area contributed by atoms with Gasteiger partial charge in [0, 0.05) is 35.9 Å². The van der Waals surface area contributed by atoms with Crippen molar-refractivity contribution in [1.82, 2.24) is 9.88 Å². The standard InChI is InChI=1S/C27H31N3O4/c1-4-34-27(33)19-9-7-13-30(16-19)26(32)18(3)29-20-11-12-22-23(14-20)25(31)28-15-24(22)21-10-6-5-8-17(21)2/h5-6,8,10-12,14-15,18-19,29H,4,7,9,13,16H2,1-3H3,(H,28,31)/t18-,19?/m0/s1. The number of carbonyl (C=O) groups is 2. The summed E-state index contributed by atoms with van der Waals surface area (Å²) >= 11 is 0. The first-order chi connectivity index (χ1) is 16.4. The second-order valence-electron chi connectivity index (χ2n) is 8.85. The van der Waals surface area contributed by atoms with Crippen molar-refractivity contribution < 1.29 is 14.3 Å². The largest absolute Gasteiger partial charge is 0.466 e. The molecule has 0 aliphatic carbocycles. The Balaban J connectivity index is 1.54. The maximum Gasteiger partial charge on any atom is 0.310 e. The molecule has 1 saturated heterocycles. The predicted octanol–water partition coefficient (Wildman–Crippen LogP) is 4.11. The summed E-state index contributed by atoms with van der Waals surface area (Å²) in [7, 11) is 0. The van der Waals surface area contributed by atoms with E-state index >= 15 is 0 Å². The number of aromatic nitrogens is 1. The van der Waals surface area contributed by atoms with Gasteiger partial charge in [0.05, 0.1) is 12.5 Å². The average Bonchev–Trinajstić information content (AvgIpc) is 2.85. The van der Waals surface area contributed by atoms with E-state index in [0.29, 0.717) is 30.8 Å². The third kappa shape index (κ3) is 4.83. The molecule has 1 aromatic heterocycles. The van der Waals surface area contributed by atoms with Gasteiger partial charge in [-0.1, -0.05) is 30.3 Å². The summed E-state index contributed by atoms with van der Waals surface area (Å²) in [5, 5.41) is 4.66. The molecule has 0 bridgehead atoms. The van der Waals surface area contributed by atoms with Gasteiger partial charge < -0.3 is 19.9 Å². The number of hydrogen-bond donors (Lipinski definition) is 2. The predicted molar refractivity (Wildman–Crippen MR) is 134 cm³/mol. The minimum atomic E-state index is -0.503. The highest BCUT2D eigenvalue weighted by molar-refractivity contribution is 5.98. The normalized spacial score (nSPS) is 16.8. The van der Waals surface area contributed by atoms with Crippen LogP contribution in [0.4, 0.5) is 5.69 Å². The molecular weight excluding hydrogens is 430 g/mol. The van der Waals surface area contributed by atoms with E-state index < -0.39 is 6.04 Å². The molecule has 2 heterocycles. The molecular formula is C27H31N3O4. The first kappa shape index (κ1) is 23.5. The lowest BCUT2D eigenvalue weighted by Crippen LogP contribution is -2.48. The van der Waals surface area contributed by atoms with Gasteiger partial charge >= 0.3 is 5.97 Å². The molecule has 0 radical (unpaired) electrons. The fourth-order valence-corrected chi connectivity index (χ4v) is 4.66. The van der Waals surface area contributed by atoms with E-state index in [1.165, 1.54) is 0 Å². The van der Waals surface area contributed by atoms with E-state index in [9.17, 15) is 14.4 Å². The molecule has 1 unspecified atom stereocenters. The number of fused-ring (bicyclic) bond motifs is 1. The molecule has 1 fully saturated rings. The number of likely N-dealkylation sites (tertiary alicyclic amines) is 1. The lowest BCUT2D eigenvalue weighted by Gasteiger charge is -2.33. The number of esters is 1. The van der Waals surface area contributed by atoms with Crippen LogP contribution in [-0.4, -0.2) is 47.5 Å². The Labute approximate surface area is 199 Å². The van der Waals surface area contributed by atoms with Gasteiger partial charge in [0.25, 0.3) is 5.56 Å². The molecule has 2 atom stereocenters. The lowest BCUT2D eigenvalue weighted by molar-refractivity contribution is -0.151. The van der Waals surface area contributed by atoms with Crippen molar-refractivity contribution in [2.45, 2.75) is 39.7 Å². The van der Waals surface area contributed by atoms with Gasteiger partial charge in [-0.25, -0.2) is 0 Å². The molecule has 1 aliphatic rings. The highest BCUT2D eigenvalue weighted by Crippen LogP contribution is 2.30. The number of benzene rings is 2. The van der Waals surface area contributed by atoms with Gasteiger partial charge in [0.1, 0.15) is 6.04 Å². The SMILES string of the molecule is CCOC(=O)C1CCCN(C(=O)[C@H](C)Nc2ccc3c(-c4ccccc4C)c[nH]c(=O)c3c2)C1.